The Kier molecular flexibility index (Phi) is 6.15. The van der Waals surface area contributed by atoms with Crippen molar-refractivity contribution in [3.8, 4) is 11.5 Å². The van der Waals surface area contributed by atoms with Gasteiger partial charge in [-0.15, -0.1) is 0 Å². The molecule has 0 heterocycles. The van der Waals surface area contributed by atoms with Crippen LogP contribution < -0.4 is 14.8 Å². The van der Waals surface area contributed by atoms with Crippen LogP contribution in [0.15, 0.2) is 12.1 Å². The van der Waals surface area contributed by atoms with Crippen molar-refractivity contribution in [3.63, 3.8) is 0 Å². The Morgan fingerprint density at radius 1 is 1.25 bits per heavy atom. The number of ether oxygens (including phenoxy) is 2. The van der Waals surface area contributed by atoms with Crippen LogP contribution in [0.4, 0.5) is 0 Å². The first-order valence-corrected chi connectivity index (χ1v) is 7.45. The maximum absolute atomic E-state index is 6.34. The smallest absolute Gasteiger partial charge is 0.163 e. The van der Waals surface area contributed by atoms with E-state index in [4.69, 9.17) is 21.1 Å². The molecule has 0 amide bonds. The third-order valence-corrected chi connectivity index (χ3v) is 3.69. The molecule has 0 unspecified atom stereocenters. The number of hydrogen-bond donors (Lipinski definition) is 1. The first-order valence-electron chi connectivity index (χ1n) is 7.07. The van der Waals surface area contributed by atoms with E-state index >= 15 is 0 Å². The molecule has 0 atom stereocenters. The second-order valence-corrected chi connectivity index (χ2v) is 6.26. The summed E-state index contributed by atoms with van der Waals surface area (Å²) in [5, 5.41) is 4.19. The highest BCUT2D eigenvalue weighted by atomic mass is 35.5. The molecule has 0 aliphatic rings. The van der Waals surface area contributed by atoms with Crippen molar-refractivity contribution in [1.82, 2.24) is 5.32 Å². The number of halogens is 1. The van der Waals surface area contributed by atoms with Crippen molar-refractivity contribution >= 4 is 11.6 Å². The number of methoxy groups -OCH3 is 1. The fourth-order valence-electron chi connectivity index (χ4n) is 1.68. The summed E-state index contributed by atoms with van der Waals surface area (Å²) in [6, 6.07) is 3.77. The van der Waals surface area contributed by atoms with E-state index in [9.17, 15) is 0 Å². The minimum absolute atomic E-state index is 0.0861. The van der Waals surface area contributed by atoms with E-state index in [-0.39, 0.29) is 11.6 Å². The molecule has 0 spiro atoms. The summed E-state index contributed by atoms with van der Waals surface area (Å²) in [4.78, 5) is 0. The lowest BCUT2D eigenvalue weighted by atomic mass is 10.0. The largest absolute Gasteiger partial charge is 0.493 e. The van der Waals surface area contributed by atoms with E-state index in [1.807, 2.05) is 26.0 Å². The molecule has 0 saturated heterocycles. The van der Waals surface area contributed by atoms with Crippen LogP contribution in [0.25, 0.3) is 0 Å². The van der Waals surface area contributed by atoms with Crippen LogP contribution in [0.3, 0.4) is 0 Å². The molecule has 0 radical (unpaired) electrons. The maximum atomic E-state index is 6.34. The fourth-order valence-corrected chi connectivity index (χ4v) is 1.90. The molecule has 1 aromatic rings. The second-order valence-electron chi connectivity index (χ2n) is 5.85. The zero-order valence-electron chi connectivity index (χ0n) is 13.3. The average Bonchev–Trinajstić information content (AvgIpc) is 2.37. The summed E-state index contributed by atoms with van der Waals surface area (Å²) < 4.78 is 11.1. The van der Waals surface area contributed by atoms with E-state index in [1.54, 1.807) is 7.11 Å². The number of benzene rings is 1. The Labute approximate surface area is 127 Å². The van der Waals surface area contributed by atoms with Gasteiger partial charge in [-0.3, -0.25) is 0 Å². The van der Waals surface area contributed by atoms with Gasteiger partial charge >= 0.3 is 0 Å². The van der Waals surface area contributed by atoms with E-state index in [0.29, 0.717) is 23.1 Å². The van der Waals surface area contributed by atoms with E-state index in [1.165, 1.54) is 0 Å². The normalized spacial score (nSPS) is 11.8. The molecule has 0 saturated carbocycles. The van der Waals surface area contributed by atoms with Crippen molar-refractivity contribution in [2.75, 3.05) is 7.11 Å². The van der Waals surface area contributed by atoms with Crippen molar-refractivity contribution in [3.05, 3.63) is 22.7 Å². The van der Waals surface area contributed by atoms with E-state index in [2.05, 4.69) is 26.1 Å². The Bertz CT molecular complexity index is 444. The van der Waals surface area contributed by atoms with Crippen molar-refractivity contribution in [1.29, 1.82) is 0 Å². The minimum Gasteiger partial charge on any atom is -0.493 e. The third kappa shape index (κ3) is 4.88. The summed E-state index contributed by atoms with van der Waals surface area (Å²) in [5.41, 5.74) is 1.10. The molecule has 1 N–H and O–H groups in total. The molecule has 20 heavy (non-hydrogen) atoms. The van der Waals surface area contributed by atoms with Gasteiger partial charge in [-0.1, -0.05) is 18.5 Å². The molecule has 4 heteroatoms. The highest BCUT2D eigenvalue weighted by molar-refractivity contribution is 6.31. The lowest BCUT2D eigenvalue weighted by molar-refractivity contribution is 0.230. The summed E-state index contributed by atoms with van der Waals surface area (Å²) in [6.45, 7) is 11.2. The average molecular weight is 300 g/mol. The van der Waals surface area contributed by atoms with Gasteiger partial charge in [0.15, 0.2) is 11.5 Å². The molecule has 0 fully saturated rings. The quantitative estimate of drug-likeness (QED) is 0.809. The minimum atomic E-state index is 0.0861. The first kappa shape index (κ1) is 17.1. The fraction of sp³-hybridized carbons (Fsp3) is 0.625. The molecule has 1 rings (SSSR count). The van der Waals surface area contributed by atoms with Crippen LogP contribution >= 0.6 is 11.6 Å². The Balaban J connectivity index is 2.93. The van der Waals surface area contributed by atoms with Gasteiger partial charge in [0.25, 0.3) is 0 Å². The molecule has 1 aromatic carbocycles. The predicted molar refractivity (Wildman–Crippen MR) is 85.0 cm³/mol. The summed E-state index contributed by atoms with van der Waals surface area (Å²) in [5.74, 6) is 1.40. The van der Waals surface area contributed by atoms with Crippen molar-refractivity contribution in [2.24, 2.45) is 0 Å². The van der Waals surface area contributed by atoms with E-state index < -0.39 is 0 Å². The van der Waals surface area contributed by atoms with Gasteiger partial charge in [0.1, 0.15) is 0 Å². The first-order chi connectivity index (χ1) is 9.29. The standard InChI is InChI=1S/C16H26ClNO2/c1-7-16(4,5)18-10-12-8-14(19-6)15(9-13(12)17)20-11(2)3/h8-9,11,18H,7,10H2,1-6H3. The molecule has 0 aliphatic carbocycles. The van der Waals surface area contributed by atoms with Crippen LogP contribution in [-0.2, 0) is 6.54 Å². The summed E-state index contributed by atoms with van der Waals surface area (Å²) in [7, 11) is 1.64. The van der Waals surface area contributed by atoms with Crippen LogP contribution in [0.2, 0.25) is 5.02 Å². The Morgan fingerprint density at radius 3 is 2.40 bits per heavy atom. The number of rotatable bonds is 7. The molecule has 114 valence electrons. The molecule has 0 aromatic heterocycles. The van der Waals surface area contributed by atoms with Crippen LogP contribution in [0, 0.1) is 0 Å². The molecule has 0 bridgehead atoms. The monoisotopic (exact) mass is 299 g/mol. The van der Waals surface area contributed by atoms with E-state index in [0.717, 1.165) is 12.0 Å². The Morgan fingerprint density at radius 2 is 1.90 bits per heavy atom. The van der Waals surface area contributed by atoms with Gasteiger partial charge in [0.05, 0.1) is 13.2 Å². The van der Waals surface area contributed by atoms with Crippen molar-refractivity contribution in [2.45, 2.75) is 59.2 Å². The topological polar surface area (TPSA) is 30.5 Å². The highest BCUT2D eigenvalue weighted by Gasteiger charge is 2.16. The van der Waals surface area contributed by atoms with Gasteiger partial charge in [0.2, 0.25) is 0 Å². The SMILES string of the molecule is CCC(C)(C)NCc1cc(OC)c(OC(C)C)cc1Cl. The number of nitrogens with one attached hydrogen (secondary N) is 1. The number of hydrogen-bond acceptors (Lipinski definition) is 3. The third-order valence-electron chi connectivity index (χ3n) is 3.34. The zero-order valence-corrected chi connectivity index (χ0v) is 14.1. The van der Waals surface area contributed by atoms with Gasteiger partial charge in [0, 0.05) is 23.2 Å². The summed E-state index contributed by atoms with van der Waals surface area (Å²) >= 11 is 6.34. The van der Waals surface area contributed by atoms with Gasteiger partial charge < -0.3 is 14.8 Å². The zero-order chi connectivity index (χ0) is 15.3. The van der Waals surface area contributed by atoms with Gasteiger partial charge in [-0.05, 0) is 45.7 Å². The lowest BCUT2D eigenvalue weighted by Gasteiger charge is -2.25. The van der Waals surface area contributed by atoms with Crippen LogP contribution in [0.1, 0.15) is 46.6 Å². The maximum Gasteiger partial charge on any atom is 0.163 e. The molecule has 0 aliphatic heterocycles. The molecule has 3 nitrogen and oxygen atoms in total. The predicted octanol–water partition coefficient (Wildman–Crippen LogP) is 4.41. The van der Waals surface area contributed by atoms with Crippen LogP contribution in [-0.4, -0.2) is 18.8 Å². The van der Waals surface area contributed by atoms with Crippen LogP contribution in [0.5, 0.6) is 11.5 Å². The van der Waals surface area contributed by atoms with Gasteiger partial charge in [-0.2, -0.15) is 0 Å². The van der Waals surface area contributed by atoms with Gasteiger partial charge in [-0.25, -0.2) is 0 Å². The molecular weight excluding hydrogens is 274 g/mol. The second kappa shape index (κ2) is 7.19. The highest BCUT2D eigenvalue weighted by Crippen LogP contribution is 2.34. The molecular formula is C16H26ClNO2. The Hall–Kier alpha value is -0.930. The lowest BCUT2D eigenvalue weighted by Crippen LogP contribution is -2.37. The van der Waals surface area contributed by atoms with Crippen molar-refractivity contribution < 1.29 is 9.47 Å². The summed E-state index contributed by atoms with van der Waals surface area (Å²) in [6.07, 6.45) is 1.14.